The Hall–Kier alpha value is -1.76. The molecule has 2 N–H and O–H groups in total. The molecule has 1 unspecified atom stereocenters. The van der Waals surface area contributed by atoms with Crippen molar-refractivity contribution in [2.45, 2.75) is 12.2 Å². The van der Waals surface area contributed by atoms with Gasteiger partial charge in [0.1, 0.15) is 5.82 Å². The summed E-state index contributed by atoms with van der Waals surface area (Å²) in [5.74, 6) is -5.90. The van der Waals surface area contributed by atoms with E-state index < -0.39 is 29.8 Å². The van der Waals surface area contributed by atoms with Gasteiger partial charge in [0.15, 0.2) is 5.83 Å². The summed E-state index contributed by atoms with van der Waals surface area (Å²) in [7, 11) is 0. The highest BCUT2D eigenvalue weighted by atomic mass is 79.9. The second-order valence-electron chi connectivity index (χ2n) is 4.25. The molecule has 0 amide bonds. The smallest absolute Gasteiger partial charge is 0.331 e. The van der Waals surface area contributed by atoms with E-state index in [4.69, 9.17) is 5.11 Å². The average molecular weight is 348 g/mol. The molecule has 0 saturated carbocycles. The van der Waals surface area contributed by atoms with Crippen molar-refractivity contribution in [3.8, 4) is 0 Å². The number of carbonyl (C=O) groups is 1. The number of carboxylic acid groups (broad SMARTS) is 1. The third-order valence-corrected chi connectivity index (χ3v) is 3.31. The number of aliphatic carboxylic acids is 1. The van der Waals surface area contributed by atoms with Crippen LogP contribution in [0.15, 0.2) is 46.2 Å². The molecule has 0 spiro atoms. The van der Waals surface area contributed by atoms with Crippen LogP contribution in [0.2, 0.25) is 0 Å². The van der Waals surface area contributed by atoms with Gasteiger partial charge in [0.05, 0.1) is 4.48 Å². The lowest BCUT2D eigenvalue weighted by Crippen LogP contribution is -2.37. The zero-order chi connectivity index (χ0) is 14.9. The van der Waals surface area contributed by atoms with Crippen LogP contribution >= 0.6 is 15.9 Å². The monoisotopic (exact) mass is 347 g/mol. The van der Waals surface area contributed by atoms with E-state index in [0.29, 0.717) is 0 Å². The Morgan fingerprint density at radius 2 is 2.10 bits per heavy atom. The molecule has 106 valence electrons. The molecule has 3 nitrogen and oxygen atoms in total. The van der Waals surface area contributed by atoms with E-state index in [2.05, 4.69) is 21.2 Å². The van der Waals surface area contributed by atoms with Gasteiger partial charge in [-0.05, 0) is 40.2 Å². The minimum Gasteiger partial charge on any atom is -0.478 e. The Kier molecular flexibility index (Phi) is 3.89. The molecular weight excluding hydrogens is 339 g/mol. The lowest BCUT2D eigenvalue weighted by atomic mass is 9.96. The van der Waals surface area contributed by atoms with Crippen LogP contribution in [0.25, 0.3) is 0 Å². The number of alkyl halides is 1. The maximum absolute atomic E-state index is 14.6. The number of hydrogen-bond acceptors (Lipinski definition) is 2. The number of carboxylic acids is 1. The zero-order valence-corrected chi connectivity index (χ0v) is 11.5. The molecule has 0 radical (unpaired) electrons. The molecule has 0 fully saturated rings. The van der Waals surface area contributed by atoms with Crippen LogP contribution in [0.3, 0.4) is 0 Å². The number of halogens is 4. The Morgan fingerprint density at radius 1 is 1.40 bits per heavy atom. The molecule has 0 aliphatic heterocycles. The predicted octanol–water partition coefficient (Wildman–Crippen LogP) is 3.89. The van der Waals surface area contributed by atoms with Gasteiger partial charge in [0, 0.05) is 17.7 Å². The van der Waals surface area contributed by atoms with Gasteiger partial charge in [0.2, 0.25) is 5.79 Å². The predicted molar refractivity (Wildman–Crippen MR) is 71.3 cm³/mol. The molecule has 1 aliphatic rings. The van der Waals surface area contributed by atoms with Crippen molar-refractivity contribution < 1.29 is 23.1 Å². The fourth-order valence-electron chi connectivity index (χ4n) is 1.83. The first-order valence-electron chi connectivity index (χ1n) is 5.54. The molecule has 1 atom stereocenters. The van der Waals surface area contributed by atoms with Crippen LogP contribution in [0.4, 0.5) is 18.9 Å². The lowest BCUT2D eigenvalue weighted by Gasteiger charge is -2.29. The molecule has 0 bridgehead atoms. The van der Waals surface area contributed by atoms with Crippen molar-refractivity contribution in [2.24, 2.45) is 0 Å². The summed E-state index contributed by atoms with van der Waals surface area (Å²) in [6.07, 6.45) is 0.294. The first-order chi connectivity index (χ1) is 9.32. The van der Waals surface area contributed by atoms with Gasteiger partial charge in [-0.25, -0.2) is 18.0 Å². The Balaban J connectivity index is 2.35. The molecule has 1 aliphatic carbocycles. The van der Waals surface area contributed by atoms with Crippen LogP contribution in [0, 0.1) is 5.82 Å². The highest BCUT2D eigenvalue weighted by Crippen LogP contribution is 2.40. The first-order valence-corrected chi connectivity index (χ1v) is 6.33. The SMILES string of the molecule is O=C(O)C1=CC(Br)=C(F)C(F)(Nc2cccc(F)c2)C1. The lowest BCUT2D eigenvalue weighted by molar-refractivity contribution is -0.133. The highest BCUT2D eigenvalue weighted by molar-refractivity contribution is 9.11. The number of hydrogen-bond donors (Lipinski definition) is 2. The molecule has 0 aromatic heterocycles. The van der Waals surface area contributed by atoms with Crippen LogP contribution < -0.4 is 5.32 Å². The van der Waals surface area contributed by atoms with E-state index in [9.17, 15) is 18.0 Å². The number of rotatable bonds is 3. The van der Waals surface area contributed by atoms with Crippen LogP contribution in [-0.2, 0) is 4.79 Å². The quantitative estimate of drug-likeness (QED) is 0.815. The van der Waals surface area contributed by atoms with Crippen molar-refractivity contribution in [1.29, 1.82) is 0 Å². The Labute approximate surface area is 120 Å². The summed E-state index contributed by atoms with van der Waals surface area (Å²) in [6.45, 7) is 0. The Bertz CT molecular complexity index is 630. The third-order valence-electron chi connectivity index (χ3n) is 2.73. The van der Waals surface area contributed by atoms with Crippen molar-refractivity contribution in [3.63, 3.8) is 0 Å². The molecule has 1 aromatic carbocycles. The molecule has 0 saturated heterocycles. The van der Waals surface area contributed by atoms with Crippen molar-refractivity contribution in [3.05, 3.63) is 52.0 Å². The van der Waals surface area contributed by atoms with E-state index in [0.717, 1.165) is 18.2 Å². The fraction of sp³-hybridized carbons (Fsp3) is 0.154. The molecule has 7 heteroatoms. The van der Waals surface area contributed by atoms with Crippen molar-refractivity contribution in [1.82, 2.24) is 0 Å². The summed E-state index contributed by atoms with van der Waals surface area (Å²) in [5.41, 5.74) is -0.292. The molecule has 2 rings (SSSR count). The largest absolute Gasteiger partial charge is 0.478 e. The first kappa shape index (κ1) is 14.6. The van der Waals surface area contributed by atoms with Crippen LogP contribution in [0.1, 0.15) is 6.42 Å². The van der Waals surface area contributed by atoms with Gasteiger partial charge in [-0.3, -0.25) is 0 Å². The number of allylic oxidation sites excluding steroid dienone is 2. The Morgan fingerprint density at radius 3 is 2.70 bits per heavy atom. The minimum absolute atomic E-state index is 0.00888. The number of benzene rings is 1. The summed E-state index contributed by atoms with van der Waals surface area (Å²) >= 11 is 2.78. The molecular formula is C13H9BrF3NO2. The van der Waals surface area contributed by atoms with Crippen LogP contribution in [-0.4, -0.2) is 16.9 Å². The van der Waals surface area contributed by atoms with Crippen molar-refractivity contribution in [2.75, 3.05) is 5.32 Å². The molecule has 20 heavy (non-hydrogen) atoms. The van der Waals surface area contributed by atoms with Crippen LogP contribution in [0.5, 0.6) is 0 Å². The van der Waals surface area contributed by atoms with Gasteiger partial charge in [-0.1, -0.05) is 6.07 Å². The topological polar surface area (TPSA) is 49.3 Å². The van der Waals surface area contributed by atoms with E-state index in [-0.39, 0.29) is 15.7 Å². The number of nitrogens with one attached hydrogen (secondary N) is 1. The maximum Gasteiger partial charge on any atom is 0.331 e. The highest BCUT2D eigenvalue weighted by Gasteiger charge is 2.42. The second-order valence-corrected chi connectivity index (χ2v) is 5.10. The van der Waals surface area contributed by atoms with E-state index >= 15 is 0 Å². The van der Waals surface area contributed by atoms with E-state index in [1.807, 2.05) is 0 Å². The summed E-state index contributed by atoms with van der Waals surface area (Å²) in [5, 5.41) is 11.1. The normalized spacial score (nSPS) is 22.5. The average Bonchev–Trinajstić information content (AvgIpc) is 2.35. The summed E-state index contributed by atoms with van der Waals surface area (Å²) in [4.78, 5) is 10.9. The zero-order valence-electron chi connectivity index (χ0n) is 9.96. The van der Waals surface area contributed by atoms with Gasteiger partial charge in [-0.2, -0.15) is 0 Å². The van der Waals surface area contributed by atoms with Crippen molar-refractivity contribution >= 4 is 27.6 Å². The minimum atomic E-state index is -2.74. The third kappa shape index (κ3) is 2.87. The summed E-state index contributed by atoms with van der Waals surface area (Å²) in [6, 6.07) is 4.82. The van der Waals surface area contributed by atoms with Gasteiger partial charge >= 0.3 is 5.97 Å². The molecule has 0 heterocycles. The van der Waals surface area contributed by atoms with Gasteiger partial charge in [-0.15, -0.1) is 0 Å². The molecule has 1 aromatic rings. The van der Waals surface area contributed by atoms with E-state index in [1.54, 1.807) is 0 Å². The fourth-order valence-corrected chi connectivity index (χ4v) is 2.42. The maximum atomic E-state index is 14.6. The summed E-state index contributed by atoms with van der Waals surface area (Å²) < 4.78 is 41.3. The standard InChI is InChI=1S/C13H9BrF3NO2/c14-10-4-7(12(19)20)6-13(17,11(10)16)18-9-3-1-2-8(15)5-9/h1-5,18H,6H2,(H,19,20). The van der Waals surface area contributed by atoms with Gasteiger partial charge in [0.25, 0.3) is 0 Å². The number of anilines is 1. The second kappa shape index (κ2) is 5.32. The van der Waals surface area contributed by atoms with Gasteiger partial charge < -0.3 is 10.4 Å². The van der Waals surface area contributed by atoms with E-state index in [1.165, 1.54) is 12.1 Å².